The van der Waals surface area contributed by atoms with Crippen LogP contribution in [-0.2, 0) is 25.8 Å². The Morgan fingerprint density at radius 2 is 1.77 bits per heavy atom. The summed E-state index contributed by atoms with van der Waals surface area (Å²) in [6.45, 7) is 7.47. The summed E-state index contributed by atoms with van der Waals surface area (Å²) >= 11 is 0. The zero-order chi connectivity index (χ0) is 27.7. The van der Waals surface area contributed by atoms with Crippen LogP contribution in [0.15, 0.2) is 65.7 Å². The molecule has 1 fully saturated rings. The van der Waals surface area contributed by atoms with E-state index in [1.807, 2.05) is 30.3 Å². The number of hydrogen-bond donors (Lipinski definition) is 1. The minimum atomic E-state index is -3.39. The Balaban J connectivity index is 1.35. The highest BCUT2D eigenvalue weighted by Gasteiger charge is 2.23. The van der Waals surface area contributed by atoms with Gasteiger partial charge in [0, 0.05) is 36.6 Å². The molecule has 4 aromatic rings. The van der Waals surface area contributed by atoms with Gasteiger partial charge in [0.05, 0.1) is 46.1 Å². The lowest BCUT2D eigenvalue weighted by Gasteiger charge is -2.36. The molecule has 0 unspecified atom stereocenters. The minimum Gasteiger partial charge on any atom is -0.372 e. The molecule has 1 aliphatic heterocycles. The van der Waals surface area contributed by atoms with E-state index in [1.54, 1.807) is 31.3 Å². The van der Waals surface area contributed by atoms with E-state index in [9.17, 15) is 13.2 Å². The van der Waals surface area contributed by atoms with Gasteiger partial charge in [-0.2, -0.15) is 0 Å². The summed E-state index contributed by atoms with van der Waals surface area (Å²) in [7, 11) is -3.39. The topological polar surface area (TPSA) is 114 Å². The molecule has 5 rings (SSSR count). The first kappa shape index (κ1) is 26.7. The van der Waals surface area contributed by atoms with Crippen molar-refractivity contribution in [3.63, 3.8) is 0 Å². The fraction of sp³-hybridized carbons (Fsp3) is 0.310. The van der Waals surface area contributed by atoms with E-state index >= 15 is 0 Å². The van der Waals surface area contributed by atoms with Crippen LogP contribution < -0.4 is 10.2 Å². The Morgan fingerprint density at radius 3 is 2.51 bits per heavy atom. The SMILES string of the molecule is Cc1cc(NC(=O)Cc2cc3nc(-c4cccc(N5C[C@@H](C)O[C@@H](C)C5)n4)ccc3cn2)cc(S(C)(=O)=O)c1. The molecule has 9 nitrogen and oxygen atoms in total. The fourth-order valence-corrected chi connectivity index (χ4v) is 5.55. The number of fused-ring (bicyclic) bond motifs is 1. The molecule has 1 saturated heterocycles. The van der Waals surface area contributed by atoms with Crippen molar-refractivity contribution in [2.45, 2.75) is 44.3 Å². The van der Waals surface area contributed by atoms with Gasteiger partial charge in [0.25, 0.3) is 0 Å². The van der Waals surface area contributed by atoms with Crippen molar-refractivity contribution in [2.24, 2.45) is 0 Å². The van der Waals surface area contributed by atoms with E-state index in [0.29, 0.717) is 16.9 Å². The maximum atomic E-state index is 12.8. The van der Waals surface area contributed by atoms with Crippen LogP contribution in [0.25, 0.3) is 22.3 Å². The maximum Gasteiger partial charge on any atom is 0.230 e. The van der Waals surface area contributed by atoms with E-state index in [2.05, 4.69) is 29.0 Å². The first-order valence-electron chi connectivity index (χ1n) is 12.8. The summed E-state index contributed by atoms with van der Waals surface area (Å²) in [5, 5.41) is 3.64. The summed E-state index contributed by atoms with van der Waals surface area (Å²) in [6.07, 6.45) is 3.12. The Labute approximate surface area is 228 Å². The number of sulfone groups is 1. The molecule has 1 aromatic carbocycles. The molecular weight excluding hydrogens is 514 g/mol. The third kappa shape index (κ3) is 6.40. The standard InChI is InChI=1S/C29H31N5O4S/c1-18-10-23(12-24(11-18)39(4,36)37)31-29(35)14-22-13-27-21(15-30-22)8-9-26(32-27)25-6-5-7-28(33-25)34-16-19(2)38-20(3)17-34/h5-13,15,19-20H,14,16-17H2,1-4H3,(H,31,35)/t19-,20+. The monoisotopic (exact) mass is 545 g/mol. The summed E-state index contributed by atoms with van der Waals surface area (Å²) in [4.78, 5) is 29.3. The molecule has 0 aliphatic carbocycles. The number of hydrogen-bond acceptors (Lipinski definition) is 8. The highest BCUT2D eigenvalue weighted by molar-refractivity contribution is 7.90. The van der Waals surface area contributed by atoms with Gasteiger partial charge in [-0.3, -0.25) is 9.78 Å². The molecule has 1 amide bonds. The van der Waals surface area contributed by atoms with Crippen molar-refractivity contribution in [1.82, 2.24) is 15.0 Å². The second-order valence-corrected chi connectivity index (χ2v) is 12.2. The van der Waals surface area contributed by atoms with Crippen molar-refractivity contribution in [1.29, 1.82) is 0 Å². The summed E-state index contributed by atoms with van der Waals surface area (Å²) in [5.74, 6) is 0.588. The maximum absolute atomic E-state index is 12.8. The zero-order valence-corrected chi connectivity index (χ0v) is 23.2. The lowest BCUT2D eigenvalue weighted by molar-refractivity contribution is -0.115. The highest BCUT2D eigenvalue weighted by Crippen LogP contribution is 2.25. The molecule has 3 aromatic heterocycles. The predicted molar refractivity (Wildman–Crippen MR) is 152 cm³/mol. The Bertz CT molecular complexity index is 1650. The molecule has 2 atom stereocenters. The molecule has 10 heteroatoms. The predicted octanol–water partition coefficient (Wildman–Crippen LogP) is 4.20. The van der Waals surface area contributed by atoms with Crippen LogP contribution in [-0.4, -0.2) is 60.8 Å². The zero-order valence-electron chi connectivity index (χ0n) is 22.4. The number of morpholine rings is 1. The number of rotatable bonds is 6. The smallest absolute Gasteiger partial charge is 0.230 e. The largest absolute Gasteiger partial charge is 0.372 e. The van der Waals surface area contributed by atoms with Crippen molar-refractivity contribution in [3.05, 3.63) is 72.1 Å². The number of pyridine rings is 3. The van der Waals surface area contributed by atoms with Crippen LogP contribution in [0.3, 0.4) is 0 Å². The van der Waals surface area contributed by atoms with Crippen molar-refractivity contribution < 1.29 is 17.9 Å². The number of ether oxygens (including phenoxy) is 1. The summed E-state index contributed by atoms with van der Waals surface area (Å²) < 4.78 is 29.8. The first-order chi connectivity index (χ1) is 18.5. The number of nitrogens with zero attached hydrogens (tertiary/aromatic N) is 4. The summed E-state index contributed by atoms with van der Waals surface area (Å²) in [6, 6.07) is 16.4. The molecule has 1 N–H and O–H groups in total. The molecule has 0 radical (unpaired) electrons. The third-order valence-electron chi connectivity index (χ3n) is 6.48. The summed E-state index contributed by atoms with van der Waals surface area (Å²) in [5.41, 5.74) is 3.92. The quantitative estimate of drug-likeness (QED) is 0.384. The van der Waals surface area contributed by atoms with E-state index in [0.717, 1.165) is 47.5 Å². The van der Waals surface area contributed by atoms with Crippen LogP contribution in [0.1, 0.15) is 25.1 Å². The van der Waals surface area contributed by atoms with Crippen LogP contribution in [0, 0.1) is 6.92 Å². The number of aromatic nitrogens is 3. The highest BCUT2D eigenvalue weighted by atomic mass is 32.2. The molecule has 0 spiro atoms. The number of amides is 1. The Hall–Kier alpha value is -3.89. The second-order valence-electron chi connectivity index (χ2n) is 10.1. The van der Waals surface area contributed by atoms with Gasteiger partial charge >= 0.3 is 0 Å². The van der Waals surface area contributed by atoms with Gasteiger partial charge in [0.1, 0.15) is 5.82 Å². The molecule has 0 saturated carbocycles. The van der Waals surface area contributed by atoms with Crippen LogP contribution >= 0.6 is 0 Å². The van der Waals surface area contributed by atoms with Gasteiger partial charge in [-0.05, 0) is 74.9 Å². The van der Waals surface area contributed by atoms with E-state index < -0.39 is 9.84 Å². The van der Waals surface area contributed by atoms with Crippen molar-refractivity contribution in [2.75, 3.05) is 29.6 Å². The first-order valence-corrected chi connectivity index (χ1v) is 14.7. The van der Waals surface area contributed by atoms with Gasteiger partial charge in [0.15, 0.2) is 9.84 Å². The number of anilines is 2. The van der Waals surface area contributed by atoms with Crippen molar-refractivity contribution >= 4 is 38.2 Å². The average Bonchev–Trinajstić information content (AvgIpc) is 2.87. The number of benzene rings is 1. The second kappa shape index (κ2) is 10.7. The third-order valence-corrected chi connectivity index (χ3v) is 7.57. The van der Waals surface area contributed by atoms with E-state index in [4.69, 9.17) is 14.7 Å². The molecule has 39 heavy (non-hydrogen) atoms. The van der Waals surface area contributed by atoms with Gasteiger partial charge in [-0.15, -0.1) is 0 Å². The number of carbonyl (C=O) groups is 1. The average molecular weight is 546 g/mol. The molecule has 202 valence electrons. The number of nitrogens with one attached hydrogen (secondary N) is 1. The van der Waals surface area contributed by atoms with E-state index in [-0.39, 0.29) is 29.4 Å². The van der Waals surface area contributed by atoms with Gasteiger partial charge in [-0.1, -0.05) is 6.07 Å². The Kier molecular flexibility index (Phi) is 7.33. The van der Waals surface area contributed by atoms with Crippen LogP contribution in [0.2, 0.25) is 0 Å². The Morgan fingerprint density at radius 1 is 1.03 bits per heavy atom. The molecule has 0 bridgehead atoms. The minimum absolute atomic E-state index is 0.0190. The van der Waals surface area contributed by atoms with Gasteiger partial charge < -0.3 is 15.0 Å². The molecule has 1 aliphatic rings. The lowest BCUT2D eigenvalue weighted by atomic mass is 10.1. The molecule has 4 heterocycles. The number of aryl methyl sites for hydroxylation is 1. The molecular formula is C29H31N5O4S. The van der Waals surface area contributed by atoms with Crippen LogP contribution in [0.5, 0.6) is 0 Å². The normalized spacial score (nSPS) is 17.8. The van der Waals surface area contributed by atoms with Crippen molar-refractivity contribution in [3.8, 4) is 11.4 Å². The van der Waals surface area contributed by atoms with Crippen LogP contribution in [0.4, 0.5) is 11.5 Å². The fourth-order valence-electron chi connectivity index (χ4n) is 4.81. The van der Waals surface area contributed by atoms with Gasteiger partial charge in [0.2, 0.25) is 5.91 Å². The van der Waals surface area contributed by atoms with E-state index in [1.165, 1.54) is 6.07 Å². The number of carbonyl (C=O) groups excluding carboxylic acids is 1. The lowest BCUT2D eigenvalue weighted by Crippen LogP contribution is -2.45. The van der Waals surface area contributed by atoms with Gasteiger partial charge in [-0.25, -0.2) is 18.4 Å².